The number of carboxylic acid groups (broad SMARTS) is 1. The highest BCUT2D eigenvalue weighted by molar-refractivity contribution is 5.94. The van der Waals surface area contributed by atoms with Gasteiger partial charge in [-0.25, -0.2) is 9.78 Å². The predicted octanol–water partition coefficient (Wildman–Crippen LogP) is 0.244. The first-order chi connectivity index (χ1) is 9.06. The second-order valence-electron chi connectivity index (χ2n) is 4.27. The van der Waals surface area contributed by atoms with Crippen molar-refractivity contribution in [2.45, 2.75) is 12.8 Å². The van der Waals surface area contributed by atoms with E-state index in [0.29, 0.717) is 25.1 Å². The third kappa shape index (κ3) is 3.27. The zero-order valence-corrected chi connectivity index (χ0v) is 10.0. The normalized spacial score (nSPS) is 18.5. The van der Waals surface area contributed by atoms with Crippen LogP contribution in [-0.2, 0) is 9.59 Å². The minimum atomic E-state index is -1.12. The summed E-state index contributed by atoms with van der Waals surface area (Å²) in [6.45, 7) is 0.325. The number of carboxylic acids is 1. The average Bonchev–Trinajstić information content (AvgIpc) is 2.40. The molecule has 100 valence electrons. The summed E-state index contributed by atoms with van der Waals surface area (Å²) in [5.41, 5.74) is 0.356. The average molecular weight is 263 g/mol. The summed E-state index contributed by atoms with van der Waals surface area (Å²) in [6, 6.07) is 2.80. The van der Waals surface area contributed by atoms with Crippen LogP contribution < -0.4 is 10.6 Å². The molecule has 2 heterocycles. The summed E-state index contributed by atoms with van der Waals surface area (Å²) in [7, 11) is 0. The molecule has 0 saturated carbocycles. The van der Waals surface area contributed by atoms with Crippen molar-refractivity contribution in [3.05, 3.63) is 24.0 Å². The van der Waals surface area contributed by atoms with Gasteiger partial charge in [0.15, 0.2) is 0 Å². The molecule has 3 N–H and O–H groups in total. The van der Waals surface area contributed by atoms with Crippen LogP contribution in [0, 0.1) is 5.92 Å². The van der Waals surface area contributed by atoms with E-state index in [-0.39, 0.29) is 23.4 Å². The van der Waals surface area contributed by atoms with Crippen molar-refractivity contribution in [2.75, 3.05) is 11.9 Å². The van der Waals surface area contributed by atoms with Gasteiger partial charge >= 0.3 is 5.97 Å². The molecule has 1 aliphatic rings. The quantitative estimate of drug-likeness (QED) is 0.724. The highest BCUT2D eigenvalue weighted by Gasteiger charge is 2.24. The number of nitrogens with zero attached hydrogens (tertiary/aromatic N) is 1. The van der Waals surface area contributed by atoms with Gasteiger partial charge in [0.2, 0.25) is 11.8 Å². The summed E-state index contributed by atoms with van der Waals surface area (Å²) in [4.78, 5) is 37.2. The Bertz CT molecular complexity index is 502. The van der Waals surface area contributed by atoms with Gasteiger partial charge in [0.1, 0.15) is 5.69 Å². The number of aromatic nitrogens is 1. The molecule has 2 amide bonds. The number of hydrogen-bond acceptors (Lipinski definition) is 4. The van der Waals surface area contributed by atoms with E-state index in [0.717, 1.165) is 0 Å². The molecule has 2 rings (SSSR count). The molecule has 7 heteroatoms. The minimum Gasteiger partial charge on any atom is -0.477 e. The van der Waals surface area contributed by atoms with Crippen LogP contribution in [0.2, 0.25) is 0 Å². The number of pyridine rings is 1. The van der Waals surface area contributed by atoms with E-state index in [1.807, 2.05) is 0 Å². The van der Waals surface area contributed by atoms with E-state index in [2.05, 4.69) is 15.6 Å². The molecule has 1 unspecified atom stereocenters. The Labute approximate surface area is 109 Å². The van der Waals surface area contributed by atoms with Crippen LogP contribution in [0.1, 0.15) is 23.3 Å². The van der Waals surface area contributed by atoms with Crippen LogP contribution >= 0.6 is 0 Å². The number of anilines is 1. The summed E-state index contributed by atoms with van der Waals surface area (Å²) >= 11 is 0. The number of aromatic carboxylic acids is 1. The summed E-state index contributed by atoms with van der Waals surface area (Å²) in [5, 5.41) is 14.0. The fourth-order valence-electron chi connectivity index (χ4n) is 1.80. The molecule has 0 bridgehead atoms. The first kappa shape index (κ1) is 13.0. The largest absolute Gasteiger partial charge is 0.477 e. The zero-order chi connectivity index (χ0) is 13.8. The molecule has 19 heavy (non-hydrogen) atoms. The Balaban J connectivity index is 1.95. The van der Waals surface area contributed by atoms with Gasteiger partial charge in [-0.2, -0.15) is 0 Å². The van der Waals surface area contributed by atoms with E-state index in [1.165, 1.54) is 18.3 Å². The van der Waals surface area contributed by atoms with Crippen LogP contribution in [0.25, 0.3) is 0 Å². The fourth-order valence-corrected chi connectivity index (χ4v) is 1.80. The lowest BCUT2D eigenvalue weighted by Crippen LogP contribution is -2.40. The zero-order valence-electron chi connectivity index (χ0n) is 10.0. The van der Waals surface area contributed by atoms with Gasteiger partial charge in [-0.1, -0.05) is 0 Å². The van der Waals surface area contributed by atoms with E-state index in [1.54, 1.807) is 0 Å². The lowest BCUT2D eigenvalue weighted by molar-refractivity contribution is -0.126. The van der Waals surface area contributed by atoms with Crippen molar-refractivity contribution >= 4 is 23.5 Å². The molecule has 1 saturated heterocycles. The highest BCUT2D eigenvalue weighted by Crippen LogP contribution is 2.14. The molecular weight excluding hydrogens is 250 g/mol. The number of carbonyl (C=O) groups excluding carboxylic acids is 2. The molecule has 1 aromatic rings. The first-order valence-electron chi connectivity index (χ1n) is 5.83. The number of hydrogen-bond donors (Lipinski definition) is 3. The summed E-state index contributed by atoms with van der Waals surface area (Å²) in [6.07, 6.45) is 2.15. The molecule has 1 atom stereocenters. The van der Waals surface area contributed by atoms with Crippen LogP contribution in [-0.4, -0.2) is 34.4 Å². The van der Waals surface area contributed by atoms with Gasteiger partial charge in [0.05, 0.1) is 17.8 Å². The van der Waals surface area contributed by atoms with Gasteiger partial charge in [-0.3, -0.25) is 9.59 Å². The van der Waals surface area contributed by atoms with E-state index >= 15 is 0 Å². The summed E-state index contributed by atoms with van der Waals surface area (Å²) in [5.74, 6) is -1.63. The Hall–Kier alpha value is -2.44. The predicted molar refractivity (Wildman–Crippen MR) is 65.6 cm³/mol. The molecule has 0 spiro atoms. The first-order valence-corrected chi connectivity index (χ1v) is 5.83. The monoisotopic (exact) mass is 263 g/mol. The summed E-state index contributed by atoms with van der Waals surface area (Å²) < 4.78 is 0. The Kier molecular flexibility index (Phi) is 3.74. The number of amides is 2. The molecule has 0 aromatic carbocycles. The Morgan fingerprint density at radius 1 is 1.42 bits per heavy atom. The van der Waals surface area contributed by atoms with Gasteiger partial charge in [-0.15, -0.1) is 0 Å². The standard InChI is InChI=1S/C12H13N3O4/c16-10-4-1-7(5-14-10)11(17)15-8-2-3-9(12(18)19)13-6-8/h2-3,6-7H,1,4-5H2,(H,14,16)(H,15,17)(H,18,19). The molecule has 0 aliphatic carbocycles. The van der Waals surface area contributed by atoms with E-state index in [4.69, 9.17) is 5.11 Å². The van der Waals surface area contributed by atoms with Gasteiger partial charge in [-0.05, 0) is 18.6 Å². The van der Waals surface area contributed by atoms with E-state index < -0.39 is 5.97 Å². The third-order valence-corrected chi connectivity index (χ3v) is 2.89. The van der Waals surface area contributed by atoms with Crippen molar-refractivity contribution in [1.29, 1.82) is 0 Å². The SMILES string of the molecule is O=C1CCC(C(=O)Nc2ccc(C(=O)O)nc2)CN1. The van der Waals surface area contributed by atoms with Crippen LogP contribution in [0.3, 0.4) is 0 Å². The number of nitrogens with one attached hydrogen (secondary N) is 2. The van der Waals surface area contributed by atoms with Gasteiger partial charge < -0.3 is 15.7 Å². The molecular formula is C12H13N3O4. The lowest BCUT2D eigenvalue weighted by Gasteiger charge is -2.21. The third-order valence-electron chi connectivity index (χ3n) is 2.89. The molecule has 1 fully saturated rings. The topological polar surface area (TPSA) is 108 Å². The lowest BCUT2D eigenvalue weighted by atomic mass is 9.98. The highest BCUT2D eigenvalue weighted by atomic mass is 16.4. The van der Waals surface area contributed by atoms with Crippen molar-refractivity contribution in [1.82, 2.24) is 10.3 Å². The van der Waals surface area contributed by atoms with E-state index in [9.17, 15) is 14.4 Å². The Morgan fingerprint density at radius 2 is 2.21 bits per heavy atom. The van der Waals surface area contributed by atoms with Gasteiger partial charge in [0.25, 0.3) is 0 Å². The Morgan fingerprint density at radius 3 is 2.74 bits per heavy atom. The maximum Gasteiger partial charge on any atom is 0.354 e. The van der Waals surface area contributed by atoms with Crippen LogP contribution in [0.4, 0.5) is 5.69 Å². The van der Waals surface area contributed by atoms with Gasteiger partial charge in [0, 0.05) is 13.0 Å². The van der Waals surface area contributed by atoms with Crippen LogP contribution in [0.5, 0.6) is 0 Å². The van der Waals surface area contributed by atoms with Crippen molar-refractivity contribution in [2.24, 2.45) is 5.92 Å². The molecule has 7 nitrogen and oxygen atoms in total. The molecule has 1 aliphatic heterocycles. The number of rotatable bonds is 3. The number of carbonyl (C=O) groups is 3. The maximum atomic E-state index is 11.9. The van der Waals surface area contributed by atoms with Crippen molar-refractivity contribution < 1.29 is 19.5 Å². The molecule has 1 aromatic heterocycles. The maximum absolute atomic E-state index is 11.9. The minimum absolute atomic E-state index is 0.0449. The second-order valence-corrected chi connectivity index (χ2v) is 4.27. The van der Waals surface area contributed by atoms with Crippen molar-refractivity contribution in [3.8, 4) is 0 Å². The fraction of sp³-hybridized carbons (Fsp3) is 0.333. The van der Waals surface area contributed by atoms with Crippen LogP contribution in [0.15, 0.2) is 18.3 Å². The number of piperidine rings is 1. The van der Waals surface area contributed by atoms with Crippen molar-refractivity contribution in [3.63, 3.8) is 0 Å². The molecule has 0 radical (unpaired) electrons. The second kappa shape index (κ2) is 5.47. The smallest absolute Gasteiger partial charge is 0.354 e.